The number of ether oxygens (including phenoxy) is 1. The molecule has 2 aliphatic rings. The maximum Gasteiger partial charge on any atom is 0.128 e. The molecule has 1 aliphatic carbocycles. The van der Waals surface area contributed by atoms with Crippen molar-refractivity contribution < 1.29 is 9.13 Å². The molecular formula is C20H23FO. The first kappa shape index (κ1) is 15.1. The SMILES string of the molecule is CC1(C)CCCC2(C)OC(/C=C/c3ccc(F)cc3)=CC=C12. The summed E-state index contributed by atoms with van der Waals surface area (Å²) in [4.78, 5) is 0. The molecule has 1 atom stereocenters. The van der Waals surface area contributed by atoms with Gasteiger partial charge in [-0.1, -0.05) is 38.1 Å². The van der Waals surface area contributed by atoms with Gasteiger partial charge in [-0.2, -0.15) is 0 Å². The molecule has 0 aromatic heterocycles. The van der Waals surface area contributed by atoms with Crippen molar-refractivity contribution in [2.24, 2.45) is 5.41 Å². The van der Waals surface area contributed by atoms with Gasteiger partial charge in [0.15, 0.2) is 0 Å². The summed E-state index contributed by atoms with van der Waals surface area (Å²) in [5.74, 6) is 0.656. The molecule has 0 bridgehead atoms. The number of allylic oxidation sites excluding steroid dienone is 3. The Bertz CT molecular complexity index is 649. The highest BCUT2D eigenvalue weighted by molar-refractivity contribution is 5.53. The summed E-state index contributed by atoms with van der Waals surface area (Å²) in [5, 5.41) is 0. The van der Waals surface area contributed by atoms with E-state index in [-0.39, 0.29) is 16.8 Å². The van der Waals surface area contributed by atoms with Gasteiger partial charge in [0, 0.05) is 0 Å². The van der Waals surface area contributed by atoms with Gasteiger partial charge in [0.25, 0.3) is 0 Å². The monoisotopic (exact) mass is 298 g/mol. The standard InChI is InChI=1S/C20H23FO/c1-19(2)13-4-14-20(3)18(19)12-11-17(22-20)10-7-15-5-8-16(21)9-6-15/h5-12H,4,13-14H2,1-3H3/b10-7+. The Labute approximate surface area is 132 Å². The Kier molecular flexibility index (Phi) is 3.72. The minimum atomic E-state index is -0.213. The number of hydrogen-bond acceptors (Lipinski definition) is 1. The fourth-order valence-electron chi connectivity index (χ4n) is 3.66. The first-order valence-electron chi connectivity index (χ1n) is 7.95. The molecule has 1 unspecified atom stereocenters. The Morgan fingerprint density at radius 2 is 1.73 bits per heavy atom. The Hall–Kier alpha value is -1.83. The summed E-state index contributed by atoms with van der Waals surface area (Å²) in [6, 6.07) is 6.47. The first-order valence-corrected chi connectivity index (χ1v) is 7.95. The average Bonchev–Trinajstić information content (AvgIpc) is 2.45. The topological polar surface area (TPSA) is 9.23 Å². The van der Waals surface area contributed by atoms with Crippen LogP contribution >= 0.6 is 0 Å². The van der Waals surface area contributed by atoms with Crippen LogP contribution < -0.4 is 0 Å². The fraction of sp³-hybridized carbons (Fsp3) is 0.400. The van der Waals surface area contributed by atoms with Gasteiger partial charge in [0.1, 0.15) is 17.2 Å². The van der Waals surface area contributed by atoms with Crippen LogP contribution in [0.2, 0.25) is 0 Å². The molecule has 1 aliphatic heterocycles. The van der Waals surface area contributed by atoms with Crippen LogP contribution in [0.15, 0.2) is 53.8 Å². The lowest BCUT2D eigenvalue weighted by atomic mass is 9.65. The summed E-state index contributed by atoms with van der Waals surface area (Å²) in [6.45, 7) is 6.79. The van der Waals surface area contributed by atoms with Crippen LogP contribution in [0.3, 0.4) is 0 Å². The van der Waals surface area contributed by atoms with Crippen LogP contribution in [0.1, 0.15) is 45.6 Å². The van der Waals surface area contributed by atoms with E-state index >= 15 is 0 Å². The minimum absolute atomic E-state index is 0.195. The van der Waals surface area contributed by atoms with Gasteiger partial charge < -0.3 is 4.74 Å². The van der Waals surface area contributed by atoms with Crippen molar-refractivity contribution in [2.75, 3.05) is 0 Å². The van der Waals surface area contributed by atoms with Gasteiger partial charge in [-0.25, -0.2) is 4.39 Å². The maximum atomic E-state index is 12.9. The molecule has 1 heterocycles. The predicted molar refractivity (Wildman–Crippen MR) is 88.7 cm³/mol. The third kappa shape index (κ3) is 2.87. The lowest BCUT2D eigenvalue weighted by Gasteiger charge is -2.47. The fourth-order valence-corrected chi connectivity index (χ4v) is 3.66. The molecular weight excluding hydrogens is 275 g/mol. The van der Waals surface area contributed by atoms with E-state index in [2.05, 4.69) is 26.8 Å². The molecule has 0 saturated heterocycles. The second-order valence-corrected chi connectivity index (χ2v) is 7.10. The van der Waals surface area contributed by atoms with Gasteiger partial charge in [-0.3, -0.25) is 0 Å². The van der Waals surface area contributed by atoms with Crippen molar-refractivity contribution in [3.63, 3.8) is 0 Å². The van der Waals surface area contributed by atoms with Crippen LogP contribution in [0, 0.1) is 11.2 Å². The lowest BCUT2D eigenvalue weighted by Crippen LogP contribution is -2.42. The number of benzene rings is 1. The van der Waals surface area contributed by atoms with Crippen molar-refractivity contribution in [3.05, 3.63) is 65.2 Å². The number of rotatable bonds is 2. The quantitative estimate of drug-likeness (QED) is 0.685. The molecule has 0 spiro atoms. The third-order valence-corrected chi connectivity index (χ3v) is 4.82. The van der Waals surface area contributed by atoms with Crippen molar-refractivity contribution in [3.8, 4) is 0 Å². The first-order chi connectivity index (χ1) is 10.4. The average molecular weight is 298 g/mol. The molecule has 2 heteroatoms. The molecule has 3 rings (SSSR count). The van der Waals surface area contributed by atoms with Crippen LogP contribution in [0.25, 0.3) is 6.08 Å². The van der Waals surface area contributed by atoms with Crippen LogP contribution in [0.5, 0.6) is 0 Å². The maximum absolute atomic E-state index is 12.9. The molecule has 1 nitrogen and oxygen atoms in total. The summed E-state index contributed by atoms with van der Waals surface area (Å²) in [6.07, 6.45) is 11.7. The highest BCUT2D eigenvalue weighted by Crippen LogP contribution is 2.49. The lowest BCUT2D eigenvalue weighted by molar-refractivity contribution is 0.00705. The molecule has 1 saturated carbocycles. The smallest absolute Gasteiger partial charge is 0.128 e. The molecule has 0 radical (unpaired) electrons. The normalized spacial score (nSPS) is 26.9. The summed E-state index contributed by atoms with van der Waals surface area (Å²) < 4.78 is 19.2. The van der Waals surface area contributed by atoms with Crippen LogP contribution in [-0.2, 0) is 4.74 Å². The van der Waals surface area contributed by atoms with Gasteiger partial charge in [0.2, 0.25) is 0 Å². The summed E-state index contributed by atoms with van der Waals surface area (Å²) >= 11 is 0. The van der Waals surface area contributed by atoms with Crippen molar-refractivity contribution >= 4 is 6.08 Å². The molecule has 0 amide bonds. The van der Waals surface area contributed by atoms with E-state index in [4.69, 9.17) is 4.74 Å². The zero-order chi connectivity index (χ0) is 15.8. The highest BCUT2D eigenvalue weighted by atomic mass is 19.1. The van der Waals surface area contributed by atoms with E-state index in [0.29, 0.717) is 0 Å². The molecule has 1 aromatic carbocycles. The van der Waals surface area contributed by atoms with E-state index < -0.39 is 0 Å². The summed E-state index contributed by atoms with van der Waals surface area (Å²) in [5.41, 5.74) is 2.37. The number of hydrogen-bond donors (Lipinski definition) is 0. The Morgan fingerprint density at radius 1 is 1.00 bits per heavy atom. The van der Waals surface area contributed by atoms with Crippen LogP contribution in [0.4, 0.5) is 4.39 Å². The third-order valence-electron chi connectivity index (χ3n) is 4.82. The zero-order valence-corrected chi connectivity index (χ0v) is 13.5. The van der Waals surface area contributed by atoms with Crippen molar-refractivity contribution in [2.45, 2.75) is 45.6 Å². The molecule has 22 heavy (non-hydrogen) atoms. The van der Waals surface area contributed by atoms with Crippen molar-refractivity contribution in [1.82, 2.24) is 0 Å². The van der Waals surface area contributed by atoms with E-state index in [0.717, 1.165) is 17.7 Å². The molecule has 0 N–H and O–H groups in total. The zero-order valence-electron chi connectivity index (χ0n) is 13.5. The molecule has 1 fully saturated rings. The van der Waals surface area contributed by atoms with E-state index in [1.165, 1.54) is 30.5 Å². The second kappa shape index (κ2) is 5.42. The van der Waals surface area contributed by atoms with Gasteiger partial charge in [-0.05, 0) is 67.0 Å². The largest absolute Gasteiger partial charge is 0.483 e. The second-order valence-electron chi connectivity index (χ2n) is 7.10. The van der Waals surface area contributed by atoms with E-state index in [1.54, 1.807) is 12.1 Å². The van der Waals surface area contributed by atoms with Gasteiger partial charge >= 0.3 is 0 Å². The molecule has 116 valence electrons. The highest BCUT2D eigenvalue weighted by Gasteiger charge is 2.44. The van der Waals surface area contributed by atoms with Crippen molar-refractivity contribution in [1.29, 1.82) is 0 Å². The molecule has 1 aromatic rings. The Morgan fingerprint density at radius 3 is 2.45 bits per heavy atom. The predicted octanol–water partition coefficient (Wildman–Crippen LogP) is 5.65. The van der Waals surface area contributed by atoms with Crippen LogP contribution in [-0.4, -0.2) is 5.60 Å². The minimum Gasteiger partial charge on any atom is -0.483 e. The van der Waals surface area contributed by atoms with E-state index in [9.17, 15) is 4.39 Å². The summed E-state index contributed by atoms with van der Waals surface area (Å²) in [7, 11) is 0. The number of halogens is 1. The van der Waals surface area contributed by atoms with Gasteiger partial charge in [-0.15, -0.1) is 0 Å². The Balaban J connectivity index is 1.83. The van der Waals surface area contributed by atoms with E-state index in [1.807, 2.05) is 18.2 Å². The van der Waals surface area contributed by atoms with Gasteiger partial charge in [0.05, 0.1) is 0 Å². The number of fused-ring (bicyclic) bond motifs is 1.